The topological polar surface area (TPSA) is 42.4 Å². The zero-order chi connectivity index (χ0) is 12.7. The summed E-state index contributed by atoms with van der Waals surface area (Å²) < 4.78 is 5.83. The molecule has 2 atom stereocenters. The zero-order valence-corrected chi connectivity index (χ0v) is 11.6. The van der Waals surface area contributed by atoms with Crippen LogP contribution in [0, 0.1) is 0 Å². The molecule has 18 heavy (non-hydrogen) atoms. The van der Waals surface area contributed by atoms with Gasteiger partial charge in [0.05, 0.1) is 22.8 Å². The van der Waals surface area contributed by atoms with Crippen molar-refractivity contribution in [1.29, 1.82) is 0 Å². The van der Waals surface area contributed by atoms with E-state index in [1.54, 1.807) is 0 Å². The number of ether oxygens (including phenoxy) is 1. The van der Waals surface area contributed by atoms with Crippen molar-refractivity contribution in [3.63, 3.8) is 0 Å². The molecule has 2 bridgehead atoms. The van der Waals surface area contributed by atoms with Gasteiger partial charge >= 0.3 is 0 Å². The molecule has 2 fully saturated rings. The standard InChI is InChI=1S/C13H18N2O2S/c1-8(2)12-11(7-16)18-13(14-12)15-5-9-3-4-10(6-15)17-9/h7-10H,3-6H2,1-2H3. The number of carbonyl (C=O) groups excluding carboxylic acids is 1. The molecule has 0 aromatic carbocycles. The number of hydrogen-bond donors (Lipinski definition) is 0. The summed E-state index contributed by atoms with van der Waals surface area (Å²) in [6, 6.07) is 0. The van der Waals surface area contributed by atoms with Crippen molar-refractivity contribution < 1.29 is 9.53 Å². The van der Waals surface area contributed by atoms with Gasteiger partial charge in [0, 0.05) is 13.1 Å². The SMILES string of the molecule is CC(C)c1nc(N2CC3CCC(C2)O3)sc1C=O. The first-order valence-corrected chi connectivity index (χ1v) is 7.35. The highest BCUT2D eigenvalue weighted by Gasteiger charge is 2.35. The normalized spacial score (nSPS) is 26.9. The summed E-state index contributed by atoms with van der Waals surface area (Å²) in [6.07, 6.45) is 3.96. The molecular weight excluding hydrogens is 248 g/mol. The molecule has 0 aliphatic carbocycles. The minimum atomic E-state index is 0.299. The van der Waals surface area contributed by atoms with Crippen LogP contribution in [0.4, 0.5) is 5.13 Å². The second-order valence-corrected chi connectivity index (χ2v) is 6.39. The molecule has 1 aromatic heterocycles. The number of thiazole rings is 1. The van der Waals surface area contributed by atoms with Crippen molar-refractivity contribution in [3.8, 4) is 0 Å². The van der Waals surface area contributed by atoms with Crippen LogP contribution in [0.3, 0.4) is 0 Å². The molecule has 2 saturated heterocycles. The van der Waals surface area contributed by atoms with E-state index in [-0.39, 0.29) is 0 Å². The number of aldehydes is 1. The summed E-state index contributed by atoms with van der Waals surface area (Å²) in [4.78, 5) is 18.8. The molecule has 1 aromatic rings. The lowest BCUT2D eigenvalue weighted by Crippen LogP contribution is -2.42. The summed E-state index contributed by atoms with van der Waals surface area (Å²) in [7, 11) is 0. The maximum absolute atomic E-state index is 11.1. The predicted molar refractivity (Wildman–Crippen MR) is 71.7 cm³/mol. The Hall–Kier alpha value is -0.940. The third-order valence-electron chi connectivity index (χ3n) is 3.64. The number of aromatic nitrogens is 1. The fourth-order valence-corrected chi connectivity index (χ4v) is 3.79. The van der Waals surface area contributed by atoms with Crippen LogP contribution < -0.4 is 4.90 Å². The minimum absolute atomic E-state index is 0.299. The summed E-state index contributed by atoms with van der Waals surface area (Å²) in [6.45, 7) is 5.99. The Balaban J connectivity index is 1.86. The van der Waals surface area contributed by atoms with E-state index in [9.17, 15) is 4.79 Å². The van der Waals surface area contributed by atoms with Gasteiger partial charge < -0.3 is 9.64 Å². The maximum atomic E-state index is 11.1. The van der Waals surface area contributed by atoms with Gasteiger partial charge in [0.25, 0.3) is 0 Å². The molecule has 4 nitrogen and oxygen atoms in total. The lowest BCUT2D eigenvalue weighted by Gasteiger charge is -2.31. The summed E-state index contributed by atoms with van der Waals surface area (Å²) in [5, 5.41) is 0.987. The van der Waals surface area contributed by atoms with Crippen LogP contribution in [-0.2, 0) is 4.74 Å². The lowest BCUT2D eigenvalue weighted by atomic mass is 10.1. The van der Waals surface area contributed by atoms with E-state index >= 15 is 0 Å². The smallest absolute Gasteiger partial charge is 0.186 e. The monoisotopic (exact) mass is 266 g/mol. The molecule has 3 rings (SSSR count). The Morgan fingerprint density at radius 3 is 2.56 bits per heavy atom. The van der Waals surface area contributed by atoms with Crippen molar-refractivity contribution in [2.75, 3.05) is 18.0 Å². The summed E-state index contributed by atoms with van der Waals surface area (Å²) in [5.74, 6) is 0.299. The van der Waals surface area contributed by atoms with Crippen molar-refractivity contribution in [2.24, 2.45) is 0 Å². The van der Waals surface area contributed by atoms with Crippen molar-refractivity contribution in [2.45, 2.75) is 44.8 Å². The Kier molecular flexibility index (Phi) is 3.11. The molecule has 98 valence electrons. The first-order valence-electron chi connectivity index (χ1n) is 6.53. The van der Waals surface area contributed by atoms with Gasteiger partial charge in [0.15, 0.2) is 11.4 Å². The van der Waals surface area contributed by atoms with Crippen LogP contribution in [0.15, 0.2) is 0 Å². The van der Waals surface area contributed by atoms with Crippen molar-refractivity contribution in [1.82, 2.24) is 4.98 Å². The third kappa shape index (κ3) is 2.06. The van der Waals surface area contributed by atoms with E-state index in [4.69, 9.17) is 4.74 Å². The molecule has 0 amide bonds. The molecule has 3 heterocycles. The Bertz CT molecular complexity index is 446. The van der Waals surface area contributed by atoms with Gasteiger partial charge in [-0.15, -0.1) is 0 Å². The fraction of sp³-hybridized carbons (Fsp3) is 0.692. The quantitative estimate of drug-likeness (QED) is 0.788. The number of fused-ring (bicyclic) bond motifs is 2. The second kappa shape index (κ2) is 4.63. The number of anilines is 1. The highest BCUT2D eigenvalue weighted by Crippen LogP contribution is 2.34. The second-order valence-electron chi connectivity index (χ2n) is 5.38. The minimum Gasteiger partial charge on any atom is -0.371 e. The maximum Gasteiger partial charge on any atom is 0.186 e. The van der Waals surface area contributed by atoms with E-state index in [0.717, 1.165) is 47.9 Å². The van der Waals surface area contributed by atoms with Gasteiger partial charge in [0.1, 0.15) is 0 Å². The van der Waals surface area contributed by atoms with Crippen molar-refractivity contribution in [3.05, 3.63) is 10.6 Å². The van der Waals surface area contributed by atoms with Crippen LogP contribution in [0.1, 0.15) is 48.0 Å². The van der Waals surface area contributed by atoms with E-state index in [1.807, 2.05) is 0 Å². The Morgan fingerprint density at radius 1 is 1.39 bits per heavy atom. The first-order chi connectivity index (χ1) is 8.67. The molecular formula is C13H18N2O2S. The number of hydrogen-bond acceptors (Lipinski definition) is 5. The zero-order valence-electron chi connectivity index (χ0n) is 10.8. The van der Waals surface area contributed by atoms with E-state index in [2.05, 4.69) is 23.7 Å². The van der Waals surface area contributed by atoms with Gasteiger partial charge in [-0.1, -0.05) is 25.2 Å². The Labute approximate surface area is 111 Å². The van der Waals surface area contributed by atoms with Gasteiger partial charge in [-0.3, -0.25) is 4.79 Å². The Morgan fingerprint density at radius 2 is 2.06 bits per heavy atom. The van der Waals surface area contributed by atoms with E-state index in [1.165, 1.54) is 11.3 Å². The van der Waals surface area contributed by atoms with Crippen molar-refractivity contribution >= 4 is 22.8 Å². The predicted octanol–water partition coefficient (Wildman–Crippen LogP) is 2.45. The molecule has 0 radical (unpaired) electrons. The molecule has 0 spiro atoms. The van der Waals surface area contributed by atoms with Gasteiger partial charge in [-0.05, 0) is 18.8 Å². The highest BCUT2D eigenvalue weighted by atomic mass is 32.1. The third-order valence-corrected chi connectivity index (χ3v) is 4.70. The average molecular weight is 266 g/mol. The number of nitrogens with zero attached hydrogens (tertiary/aromatic N) is 2. The van der Waals surface area contributed by atoms with Gasteiger partial charge in [-0.25, -0.2) is 4.98 Å². The molecule has 0 N–H and O–H groups in total. The van der Waals surface area contributed by atoms with Gasteiger partial charge in [-0.2, -0.15) is 0 Å². The van der Waals surface area contributed by atoms with Crippen LogP contribution in [0.25, 0.3) is 0 Å². The molecule has 5 heteroatoms. The molecule has 2 aliphatic rings. The number of morpholine rings is 1. The molecule has 0 saturated carbocycles. The first kappa shape index (κ1) is 12.1. The molecule has 2 unspecified atom stereocenters. The van der Waals surface area contributed by atoms with Crippen LogP contribution in [0.2, 0.25) is 0 Å². The summed E-state index contributed by atoms with van der Waals surface area (Å²) in [5.41, 5.74) is 0.934. The molecule has 2 aliphatic heterocycles. The highest BCUT2D eigenvalue weighted by molar-refractivity contribution is 7.17. The van der Waals surface area contributed by atoms with Crippen LogP contribution in [0.5, 0.6) is 0 Å². The number of rotatable bonds is 3. The summed E-state index contributed by atoms with van der Waals surface area (Å²) >= 11 is 1.52. The van der Waals surface area contributed by atoms with Crippen LogP contribution in [-0.4, -0.2) is 36.6 Å². The average Bonchev–Trinajstić information content (AvgIpc) is 2.93. The lowest BCUT2D eigenvalue weighted by molar-refractivity contribution is 0.0305. The van der Waals surface area contributed by atoms with E-state index in [0.29, 0.717) is 18.1 Å². The number of carbonyl (C=O) groups is 1. The largest absolute Gasteiger partial charge is 0.371 e. The fourth-order valence-electron chi connectivity index (χ4n) is 2.74. The van der Waals surface area contributed by atoms with Gasteiger partial charge in [0.2, 0.25) is 0 Å². The van der Waals surface area contributed by atoms with Crippen LogP contribution >= 0.6 is 11.3 Å². The van der Waals surface area contributed by atoms with E-state index < -0.39 is 0 Å².